The first kappa shape index (κ1) is 14.6. The van der Waals surface area contributed by atoms with Crippen molar-refractivity contribution in [3.63, 3.8) is 0 Å². The monoisotopic (exact) mass is 303 g/mol. The zero-order valence-corrected chi connectivity index (χ0v) is 13.4. The lowest BCUT2D eigenvalue weighted by Crippen LogP contribution is -2.38. The fraction of sp³-hybridized carbons (Fsp3) is 0.588. The summed E-state index contributed by atoms with van der Waals surface area (Å²) in [6.07, 6.45) is 9.14. The first-order valence-electron chi connectivity index (χ1n) is 8.24. The Morgan fingerprint density at radius 1 is 0.952 bits per heavy atom. The minimum atomic E-state index is 0.558. The Morgan fingerprint density at radius 3 is 2.29 bits per heavy atom. The Bertz CT molecular complexity index is 459. The molecule has 2 N–H and O–H groups in total. The topological polar surface area (TPSA) is 27.3 Å². The predicted molar refractivity (Wildman–Crippen MR) is 94.1 cm³/mol. The van der Waals surface area contributed by atoms with Gasteiger partial charge in [-0.05, 0) is 62.2 Å². The van der Waals surface area contributed by atoms with Crippen LogP contribution >= 0.6 is 12.2 Å². The lowest BCUT2D eigenvalue weighted by molar-refractivity contribution is 0.415. The standard InChI is InChI=1S/C17H25N3S/c21-17(18-14-6-2-1-3-7-14)19-15-8-10-16(11-9-15)20-12-4-5-13-20/h8-11,14H,1-7,12-13H2,(H2,18,19,21). The number of nitrogens with zero attached hydrogens (tertiary/aromatic N) is 1. The van der Waals surface area contributed by atoms with Gasteiger partial charge in [0, 0.05) is 30.5 Å². The Labute approximate surface area is 133 Å². The van der Waals surface area contributed by atoms with Gasteiger partial charge in [-0.3, -0.25) is 0 Å². The molecule has 0 radical (unpaired) electrons. The Balaban J connectivity index is 1.50. The van der Waals surface area contributed by atoms with Gasteiger partial charge >= 0.3 is 0 Å². The summed E-state index contributed by atoms with van der Waals surface area (Å²) in [7, 11) is 0. The van der Waals surface area contributed by atoms with Crippen LogP contribution in [0.2, 0.25) is 0 Å². The van der Waals surface area contributed by atoms with Crippen molar-refractivity contribution in [1.29, 1.82) is 0 Å². The third-order valence-electron chi connectivity index (χ3n) is 4.54. The summed E-state index contributed by atoms with van der Waals surface area (Å²) in [5.74, 6) is 0. The van der Waals surface area contributed by atoms with Crippen LogP contribution in [0.3, 0.4) is 0 Å². The highest BCUT2D eigenvalue weighted by atomic mass is 32.1. The lowest BCUT2D eigenvalue weighted by atomic mass is 9.96. The maximum absolute atomic E-state index is 5.42. The van der Waals surface area contributed by atoms with E-state index in [-0.39, 0.29) is 0 Å². The van der Waals surface area contributed by atoms with Crippen molar-refractivity contribution in [2.45, 2.75) is 51.0 Å². The number of hydrogen-bond acceptors (Lipinski definition) is 2. The molecule has 1 saturated carbocycles. The van der Waals surface area contributed by atoms with Gasteiger partial charge in [-0.15, -0.1) is 0 Å². The van der Waals surface area contributed by atoms with E-state index in [1.165, 1.54) is 63.7 Å². The fourth-order valence-electron chi connectivity index (χ4n) is 3.33. The molecule has 0 amide bonds. The smallest absolute Gasteiger partial charge is 0.170 e. The first-order chi connectivity index (χ1) is 10.3. The molecule has 1 aliphatic heterocycles. The van der Waals surface area contributed by atoms with Crippen molar-refractivity contribution in [3.8, 4) is 0 Å². The second kappa shape index (κ2) is 7.12. The van der Waals surface area contributed by atoms with Crippen molar-refractivity contribution in [3.05, 3.63) is 24.3 Å². The van der Waals surface area contributed by atoms with Gasteiger partial charge in [-0.1, -0.05) is 19.3 Å². The molecular formula is C17H25N3S. The summed E-state index contributed by atoms with van der Waals surface area (Å²) < 4.78 is 0. The summed E-state index contributed by atoms with van der Waals surface area (Å²) >= 11 is 5.42. The summed E-state index contributed by atoms with van der Waals surface area (Å²) in [5, 5.41) is 7.52. The van der Waals surface area contributed by atoms with E-state index >= 15 is 0 Å². The average Bonchev–Trinajstić information content (AvgIpc) is 3.03. The number of thiocarbonyl (C=S) groups is 1. The van der Waals surface area contributed by atoms with E-state index < -0.39 is 0 Å². The molecule has 4 heteroatoms. The normalized spacial score (nSPS) is 19.5. The van der Waals surface area contributed by atoms with Crippen LogP contribution in [0, 0.1) is 0 Å². The van der Waals surface area contributed by atoms with Crippen LogP contribution < -0.4 is 15.5 Å². The predicted octanol–water partition coefficient (Wildman–Crippen LogP) is 3.91. The van der Waals surface area contributed by atoms with Gasteiger partial charge in [0.2, 0.25) is 0 Å². The van der Waals surface area contributed by atoms with Crippen molar-refractivity contribution >= 4 is 28.7 Å². The van der Waals surface area contributed by atoms with Gasteiger partial charge in [0.15, 0.2) is 5.11 Å². The Morgan fingerprint density at radius 2 is 1.62 bits per heavy atom. The minimum absolute atomic E-state index is 0.558. The van der Waals surface area contributed by atoms with Crippen molar-refractivity contribution < 1.29 is 0 Å². The van der Waals surface area contributed by atoms with E-state index in [1.807, 2.05) is 0 Å². The molecule has 0 spiro atoms. The van der Waals surface area contributed by atoms with Crippen molar-refractivity contribution in [2.24, 2.45) is 0 Å². The van der Waals surface area contributed by atoms with Crippen molar-refractivity contribution in [2.75, 3.05) is 23.3 Å². The van der Waals surface area contributed by atoms with Gasteiger partial charge in [-0.25, -0.2) is 0 Å². The SMILES string of the molecule is S=C(Nc1ccc(N2CCCC2)cc1)NC1CCCCC1. The number of anilines is 2. The van der Waals surface area contributed by atoms with Crippen LogP contribution in [-0.4, -0.2) is 24.2 Å². The maximum atomic E-state index is 5.42. The molecule has 114 valence electrons. The molecule has 0 unspecified atom stereocenters. The zero-order valence-electron chi connectivity index (χ0n) is 12.6. The van der Waals surface area contributed by atoms with Crippen LogP contribution in [0.15, 0.2) is 24.3 Å². The van der Waals surface area contributed by atoms with Gasteiger partial charge in [0.25, 0.3) is 0 Å². The summed E-state index contributed by atoms with van der Waals surface area (Å²) in [6.45, 7) is 2.38. The zero-order chi connectivity index (χ0) is 14.5. The molecule has 1 aromatic carbocycles. The summed E-state index contributed by atoms with van der Waals surface area (Å²) in [4.78, 5) is 2.45. The molecule has 21 heavy (non-hydrogen) atoms. The molecule has 0 atom stereocenters. The minimum Gasteiger partial charge on any atom is -0.372 e. The van der Waals surface area contributed by atoms with E-state index in [2.05, 4.69) is 39.8 Å². The lowest BCUT2D eigenvalue weighted by Gasteiger charge is -2.24. The fourth-order valence-corrected chi connectivity index (χ4v) is 3.61. The Kier molecular flexibility index (Phi) is 4.96. The summed E-state index contributed by atoms with van der Waals surface area (Å²) in [5.41, 5.74) is 2.40. The molecule has 0 aromatic heterocycles. The maximum Gasteiger partial charge on any atom is 0.170 e. The molecule has 1 aromatic rings. The van der Waals surface area contributed by atoms with E-state index in [1.54, 1.807) is 0 Å². The van der Waals surface area contributed by atoms with E-state index in [4.69, 9.17) is 12.2 Å². The Hall–Kier alpha value is -1.29. The van der Waals surface area contributed by atoms with Gasteiger partial charge < -0.3 is 15.5 Å². The second-order valence-electron chi connectivity index (χ2n) is 6.17. The molecule has 3 nitrogen and oxygen atoms in total. The van der Waals surface area contributed by atoms with E-state index in [0.717, 1.165) is 10.8 Å². The molecule has 3 rings (SSSR count). The third-order valence-corrected chi connectivity index (χ3v) is 4.76. The van der Waals surface area contributed by atoms with Gasteiger partial charge in [0.1, 0.15) is 0 Å². The average molecular weight is 303 g/mol. The van der Waals surface area contributed by atoms with Crippen LogP contribution in [-0.2, 0) is 0 Å². The molecule has 1 aliphatic carbocycles. The molecular weight excluding hydrogens is 278 g/mol. The molecule has 1 saturated heterocycles. The van der Waals surface area contributed by atoms with E-state index in [0.29, 0.717) is 6.04 Å². The number of nitrogens with one attached hydrogen (secondary N) is 2. The molecule has 2 fully saturated rings. The second-order valence-corrected chi connectivity index (χ2v) is 6.58. The van der Waals surface area contributed by atoms with E-state index in [9.17, 15) is 0 Å². The molecule has 2 aliphatic rings. The van der Waals surface area contributed by atoms with Gasteiger partial charge in [-0.2, -0.15) is 0 Å². The highest BCUT2D eigenvalue weighted by Crippen LogP contribution is 2.22. The van der Waals surface area contributed by atoms with Crippen LogP contribution in [0.25, 0.3) is 0 Å². The third kappa shape index (κ3) is 4.10. The number of benzene rings is 1. The van der Waals surface area contributed by atoms with Crippen LogP contribution in [0.5, 0.6) is 0 Å². The number of hydrogen-bond donors (Lipinski definition) is 2. The first-order valence-corrected chi connectivity index (χ1v) is 8.64. The largest absolute Gasteiger partial charge is 0.372 e. The van der Waals surface area contributed by atoms with Crippen molar-refractivity contribution in [1.82, 2.24) is 5.32 Å². The van der Waals surface area contributed by atoms with Crippen LogP contribution in [0.4, 0.5) is 11.4 Å². The molecule has 1 heterocycles. The summed E-state index contributed by atoms with van der Waals surface area (Å²) in [6, 6.07) is 9.20. The van der Waals surface area contributed by atoms with Crippen LogP contribution in [0.1, 0.15) is 44.9 Å². The quantitative estimate of drug-likeness (QED) is 0.828. The molecule has 0 bridgehead atoms. The number of rotatable bonds is 3. The highest BCUT2D eigenvalue weighted by molar-refractivity contribution is 7.80. The van der Waals surface area contributed by atoms with Gasteiger partial charge in [0.05, 0.1) is 0 Å². The highest BCUT2D eigenvalue weighted by Gasteiger charge is 2.14.